The molecule has 0 bridgehead atoms. The van der Waals surface area contributed by atoms with E-state index in [9.17, 15) is 0 Å². The summed E-state index contributed by atoms with van der Waals surface area (Å²) in [7, 11) is 0. The van der Waals surface area contributed by atoms with Gasteiger partial charge in [-0.15, -0.1) is 0 Å². The van der Waals surface area contributed by atoms with Crippen LogP contribution >= 0.6 is 0 Å². The van der Waals surface area contributed by atoms with E-state index < -0.39 is 0 Å². The lowest BCUT2D eigenvalue weighted by Gasteiger charge is -2.29. The van der Waals surface area contributed by atoms with Gasteiger partial charge >= 0.3 is 0 Å². The first-order valence-corrected chi connectivity index (χ1v) is 15.7. The van der Waals surface area contributed by atoms with Crippen LogP contribution in [0.3, 0.4) is 0 Å². The van der Waals surface area contributed by atoms with Crippen molar-refractivity contribution in [3.63, 3.8) is 0 Å². The number of H-pyrrole nitrogens is 1. The number of benzene rings is 6. The molecule has 0 spiro atoms. The maximum atomic E-state index is 3.76. The number of rotatable bonds is 3. The Bertz CT molecular complexity index is 2330. The molecular weight excluding hydrogens is 530 g/mol. The van der Waals surface area contributed by atoms with Crippen LogP contribution in [0, 0.1) is 5.92 Å². The molecule has 0 radical (unpaired) electrons. The fourth-order valence-corrected chi connectivity index (χ4v) is 8.04. The highest BCUT2D eigenvalue weighted by atomic mass is 14.7. The van der Waals surface area contributed by atoms with Crippen LogP contribution in [-0.2, 0) is 5.41 Å². The van der Waals surface area contributed by atoms with Gasteiger partial charge in [0.25, 0.3) is 0 Å². The zero-order valence-electron chi connectivity index (χ0n) is 25.0. The lowest BCUT2D eigenvalue weighted by molar-refractivity contribution is 0.394. The lowest BCUT2D eigenvalue weighted by atomic mass is 9.74. The zero-order valence-corrected chi connectivity index (χ0v) is 25.0. The van der Waals surface area contributed by atoms with E-state index >= 15 is 0 Å². The molecule has 0 fully saturated rings. The third-order valence-corrected chi connectivity index (χ3v) is 10.3. The van der Waals surface area contributed by atoms with Gasteiger partial charge in [0.1, 0.15) is 0 Å². The Kier molecular flexibility index (Phi) is 5.44. The average Bonchev–Trinajstić information content (AvgIpc) is 3.57. The molecule has 210 valence electrons. The first kappa shape index (κ1) is 25.4. The molecular formula is C43H33N. The van der Waals surface area contributed by atoms with Gasteiger partial charge in [0.15, 0.2) is 0 Å². The average molecular weight is 564 g/mol. The standard InChI is InChI=1S/C43H33N/c1-43(2)38-19-6-5-16-35(38)36-22-20-31(26-39(36)43)29-12-7-11-28(24-29)30-13-8-14-32(25-30)34-17-9-18-37-41-33-15-4-3-10-27(33)21-23-40(41)44-42(34)37/h3-26,35,38,44H,1-2H3. The second kappa shape index (κ2) is 9.43. The Labute approximate surface area is 258 Å². The summed E-state index contributed by atoms with van der Waals surface area (Å²) >= 11 is 0. The van der Waals surface area contributed by atoms with Crippen LogP contribution in [-0.4, -0.2) is 4.98 Å². The van der Waals surface area contributed by atoms with Gasteiger partial charge < -0.3 is 4.98 Å². The van der Waals surface area contributed by atoms with E-state index in [0.717, 1.165) is 0 Å². The van der Waals surface area contributed by atoms with Crippen molar-refractivity contribution in [2.24, 2.45) is 5.92 Å². The van der Waals surface area contributed by atoms with Crippen molar-refractivity contribution >= 4 is 32.6 Å². The van der Waals surface area contributed by atoms with Gasteiger partial charge in [-0.3, -0.25) is 0 Å². The van der Waals surface area contributed by atoms with E-state index in [1.807, 2.05) is 0 Å². The third kappa shape index (κ3) is 3.72. The van der Waals surface area contributed by atoms with Crippen LogP contribution in [0.1, 0.15) is 30.9 Å². The SMILES string of the molecule is CC1(C)c2cc(-c3cccc(-c4cccc(-c5cccc6c5[nH]c5ccc7ccccc7c56)c4)c3)ccc2C2C=CC=CC21. The fourth-order valence-electron chi connectivity index (χ4n) is 8.04. The van der Waals surface area contributed by atoms with Crippen molar-refractivity contribution in [1.82, 2.24) is 4.98 Å². The van der Waals surface area contributed by atoms with E-state index in [1.165, 1.54) is 77.1 Å². The molecule has 7 aromatic rings. The number of hydrogen-bond acceptors (Lipinski definition) is 0. The minimum atomic E-state index is 0.110. The number of aromatic amines is 1. The lowest BCUT2D eigenvalue weighted by Crippen LogP contribution is -2.24. The van der Waals surface area contributed by atoms with Crippen LogP contribution in [0.5, 0.6) is 0 Å². The number of hydrogen-bond donors (Lipinski definition) is 1. The molecule has 1 heteroatoms. The molecule has 2 aliphatic carbocycles. The Hall–Kier alpha value is -5.14. The summed E-state index contributed by atoms with van der Waals surface area (Å²) in [6, 6.07) is 44.9. The number of aromatic nitrogens is 1. The first-order valence-electron chi connectivity index (χ1n) is 15.7. The van der Waals surface area contributed by atoms with Crippen LogP contribution in [0.2, 0.25) is 0 Å². The second-order valence-electron chi connectivity index (χ2n) is 13.1. The monoisotopic (exact) mass is 563 g/mol. The highest BCUT2D eigenvalue weighted by molar-refractivity contribution is 6.22. The Morgan fingerprint density at radius 1 is 0.568 bits per heavy atom. The molecule has 1 heterocycles. The summed E-state index contributed by atoms with van der Waals surface area (Å²) in [5, 5.41) is 5.13. The smallest absolute Gasteiger partial charge is 0.0544 e. The molecule has 44 heavy (non-hydrogen) atoms. The molecule has 2 atom stereocenters. The normalized spacial score (nSPS) is 18.2. The van der Waals surface area contributed by atoms with E-state index in [0.29, 0.717) is 11.8 Å². The van der Waals surface area contributed by atoms with Crippen molar-refractivity contribution in [1.29, 1.82) is 0 Å². The minimum absolute atomic E-state index is 0.110. The van der Waals surface area contributed by atoms with Gasteiger partial charge in [-0.05, 0) is 79.2 Å². The Balaban J connectivity index is 1.12. The molecule has 0 saturated heterocycles. The number of fused-ring (bicyclic) bond motifs is 8. The van der Waals surface area contributed by atoms with E-state index in [2.05, 4.69) is 164 Å². The maximum absolute atomic E-state index is 3.76. The molecule has 1 N–H and O–H groups in total. The fraction of sp³-hybridized carbons (Fsp3) is 0.116. The molecule has 1 nitrogen and oxygen atoms in total. The number of nitrogens with one attached hydrogen (secondary N) is 1. The van der Waals surface area contributed by atoms with Crippen LogP contribution in [0.15, 0.2) is 146 Å². The largest absolute Gasteiger partial charge is 0.354 e. The highest BCUT2D eigenvalue weighted by Crippen LogP contribution is 2.53. The molecule has 0 amide bonds. The zero-order chi connectivity index (χ0) is 29.4. The summed E-state index contributed by atoms with van der Waals surface area (Å²) in [5.74, 6) is 1.00. The van der Waals surface area contributed by atoms with Crippen molar-refractivity contribution < 1.29 is 0 Å². The molecule has 0 saturated carbocycles. The van der Waals surface area contributed by atoms with E-state index in [1.54, 1.807) is 0 Å². The van der Waals surface area contributed by atoms with Crippen molar-refractivity contribution in [3.8, 4) is 33.4 Å². The molecule has 2 aliphatic rings. The summed E-state index contributed by atoms with van der Waals surface area (Å²) in [6.45, 7) is 4.81. The Morgan fingerprint density at radius 2 is 1.25 bits per heavy atom. The van der Waals surface area contributed by atoms with Crippen molar-refractivity contribution in [2.75, 3.05) is 0 Å². The van der Waals surface area contributed by atoms with Gasteiger partial charge in [0.05, 0.1) is 5.52 Å². The van der Waals surface area contributed by atoms with Gasteiger partial charge in [0.2, 0.25) is 0 Å². The van der Waals surface area contributed by atoms with Gasteiger partial charge in [-0.1, -0.05) is 141 Å². The molecule has 1 aromatic heterocycles. The van der Waals surface area contributed by atoms with Crippen molar-refractivity contribution in [3.05, 3.63) is 157 Å². The molecule has 9 rings (SSSR count). The minimum Gasteiger partial charge on any atom is -0.354 e. The van der Waals surface area contributed by atoms with Crippen LogP contribution < -0.4 is 0 Å². The summed E-state index contributed by atoms with van der Waals surface area (Å²) < 4.78 is 0. The second-order valence-corrected chi connectivity index (χ2v) is 13.1. The molecule has 0 aliphatic heterocycles. The topological polar surface area (TPSA) is 15.8 Å². The summed E-state index contributed by atoms with van der Waals surface area (Å²) in [6.07, 6.45) is 9.20. The molecule has 2 unspecified atom stereocenters. The van der Waals surface area contributed by atoms with Gasteiger partial charge in [-0.2, -0.15) is 0 Å². The quantitative estimate of drug-likeness (QED) is 0.220. The molecule has 6 aromatic carbocycles. The van der Waals surface area contributed by atoms with Crippen LogP contribution in [0.25, 0.3) is 66.0 Å². The van der Waals surface area contributed by atoms with E-state index in [4.69, 9.17) is 0 Å². The highest BCUT2D eigenvalue weighted by Gasteiger charge is 2.44. The maximum Gasteiger partial charge on any atom is 0.0544 e. The third-order valence-electron chi connectivity index (χ3n) is 10.3. The number of allylic oxidation sites excluding steroid dienone is 4. The number of para-hydroxylation sites is 1. The van der Waals surface area contributed by atoms with E-state index in [-0.39, 0.29) is 5.41 Å². The first-order chi connectivity index (χ1) is 21.6. The summed E-state index contributed by atoms with van der Waals surface area (Å²) in [4.78, 5) is 3.76. The Morgan fingerprint density at radius 3 is 2.09 bits per heavy atom. The van der Waals surface area contributed by atoms with Gasteiger partial charge in [-0.25, -0.2) is 0 Å². The van der Waals surface area contributed by atoms with Crippen molar-refractivity contribution in [2.45, 2.75) is 25.2 Å². The predicted molar refractivity (Wildman–Crippen MR) is 187 cm³/mol. The summed E-state index contributed by atoms with van der Waals surface area (Å²) in [5.41, 5.74) is 12.9. The van der Waals surface area contributed by atoms with Gasteiger partial charge in [0, 0.05) is 27.8 Å². The van der Waals surface area contributed by atoms with Crippen LogP contribution in [0.4, 0.5) is 0 Å². The predicted octanol–water partition coefficient (Wildman–Crippen LogP) is 11.6.